The molecule has 8 heteroatoms. The molecule has 1 aliphatic heterocycles. The number of nitrogens with one attached hydrogen (secondary N) is 1. The maximum atomic E-state index is 13.4. The van der Waals surface area contributed by atoms with Gasteiger partial charge in [-0.3, -0.25) is 9.59 Å². The summed E-state index contributed by atoms with van der Waals surface area (Å²) in [5.41, 5.74) is 6.48. The molecule has 2 amide bonds. The molecule has 0 saturated carbocycles. The molecule has 8 nitrogen and oxygen atoms in total. The second-order valence-electron chi connectivity index (χ2n) is 8.87. The Labute approximate surface area is 203 Å². The molecule has 0 spiro atoms. The molecule has 5 rings (SSSR count). The third-order valence-electron chi connectivity index (χ3n) is 6.63. The van der Waals surface area contributed by atoms with Gasteiger partial charge < -0.3 is 19.3 Å². The fourth-order valence-corrected chi connectivity index (χ4v) is 4.73. The van der Waals surface area contributed by atoms with Crippen LogP contribution in [0.15, 0.2) is 64.1 Å². The molecule has 2 heterocycles. The van der Waals surface area contributed by atoms with E-state index in [0.717, 1.165) is 42.8 Å². The van der Waals surface area contributed by atoms with Gasteiger partial charge in [-0.1, -0.05) is 18.2 Å². The largest absolute Gasteiger partial charge is 0.508 e. The van der Waals surface area contributed by atoms with Crippen molar-refractivity contribution in [2.45, 2.75) is 26.2 Å². The van der Waals surface area contributed by atoms with Gasteiger partial charge in [0.15, 0.2) is 5.76 Å². The van der Waals surface area contributed by atoms with E-state index in [1.165, 1.54) is 30.0 Å². The first-order chi connectivity index (χ1) is 17.0. The number of aryl methyl sites for hydroxylation is 1. The lowest BCUT2D eigenvalue weighted by Gasteiger charge is -2.35. The van der Waals surface area contributed by atoms with Crippen LogP contribution in [0.2, 0.25) is 0 Å². The molecule has 0 radical (unpaired) electrons. The van der Waals surface area contributed by atoms with E-state index in [1.54, 1.807) is 0 Å². The van der Waals surface area contributed by atoms with Crippen LogP contribution >= 0.6 is 0 Å². The van der Waals surface area contributed by atoms with E-state index in [9.17, 15) is 14.7 Å². The van der Waals surface area contributed by atoms with Crippen molar-refractivity contribution in [1.82, 2.24) is 10.3 Å². The number of para-hydroxylation sites is 1. The van der Waals surface area contributed by atoms with Crippen LogP contribution in [-0.4, -0.2) is 53.7 Å². The molecule has 2 aliphatic rings. The molecular formula is C27H28N4O4. The van der Waals surface area contributed by atoms with Gasteiger partial charge in [0.1, 0.15) is 11.5 Å². The third kappa shape index (κ3) is 4.64. The monoisotopic (exact) mass is 472 g/mol. The number of carbonyl (C=O) groups excluding carboxylic acids is 2. The van der Waals surface area contributed by atoms with Gasteiger partial charge in [-0.2, -0.15) is 5.10 Å². The Bertz CT molecular complexity index is 1260. The number of phenolic OH excluding ortho intramolecular Hbond substituents is 1. The van der Waals surface area contributed by atoms with Crippen LogP contribution in [0.25, 0.3) is 0 Å². The maximum Gasteiger partial charge on any atom is 0.289 e. The summed E-state index contributed by atoms with van der Waals surface area (Å²) < 4.78 is 6.07. The Hall–Kier alpha value is -4.07. The Morgan fingerprint density at radius 3 is 2.40 bits per heavy atom. The number of benzene rings is 2. The van der Waals surface area contributed by atoms with E-state index in [1.807, 2.05) is 30.0 Å². The lowest BCUT2D eigenvalue weighted by atomic mass is 9.93. The van der Waals surface area contributed by atoms with Crippen LogP contribution in [0.1, 0.15) is 50.6 Å². The lowest BCUT2D eigenvalue weighted by molar-refractivity contribution is 0.0711. The second-order valence-corrected chi connectivity index (χ2v) is 8.87. The van der Waals surface area contributed by atoms with Crippen molar-refractivity contribution in [2.75, 3.05) is 31.1 Å². The summed E-state index contributed by atoms with van der Waals surface area (Å²) in [4.78, 5) is 29.9. The first kappa shape index (κ1) is 22.7. The molecule has 35 heavy (non-hydrogen) atoms. The summed E-state index contributed by atoms with van der Waals surface area (Å²) in [7, 11) is 0. The summed E-state index contributed by atoms with van der Waals surface area (Å²) in [5.74, 6) is 0.744. The number of hydrogen-bond donors (Lipinski definition) is 2. The molecule has 1 saturated heterocycles. The third-order valence-corrected chi connectivity index (χ3v) is 6.63. The highest BCUT2D eigenvalue weighted by Gasteiger charge is 2.31. The lowest BCUT2D eigenvalue weighted by Crippen LogP contribution is -2.48. The van der Waals surface area contributed by atoms with Crippen LogP contribution in [-0.2, 0) is 6.42 Å². The van der Waals surface area contributed by atoms with Crippen molar-refractivity contribution >= 4 is 23.2 Å². The predicted octanol–water partition coefficient (Wildman–Crippen LogP) is 3.73. The number of hydrazone groups is 1. The van der Waals surface area contributed by atoms with Crippen molar-refractivity contribution in [1.29, 1.82) is 0 Å². The van der Waals surface area contributed by atoms with Gasteiger partial charge in [0.05, 0.1) is 5.71 Å². The highest BCUT2D eigenvalue weighted by molar-refractivity contribution is 6.07. The van der Waals surface area contributed by atoms with Crippen molar-refractivity contribution in [3.8, 4) is 5.75 Å². The molecule has 0 unspecified atom stereocenters. The van der Waals surface area contributed by atoms with Crippen molar-refractivity contribution < 1.29 is 19.1 Å². The molecule has 0 atom stereocenters. The predicted molar refractivity (Wildman–Crippen MR) is 133 cm³/mol. The van der Waals surface area contributed by atoms with Gasteiger partial charge in [0.25, 0.3) is 11.8 Å². The number of fused-ring (bicyclic) bond motifs is 1. The first-order valence-electron chi connectivity index (χ1n) is 11.9. The van der Waals surface area contributed by atoms with Crippen LogP contribution in [0, 0.1) is 6.92 Å². The molecular weight excluding hydrogens is 444 g/mol. The minimum atomic E-state index is -0.363. The van der Waals surface area contributed by atoms with E-state index < -0.39 is 0 Å². The molecule has 1 aliphatic carbocycles. The number of furan rings is 1. The topological polar surface area (TPSA) is 98.4 Å². The van der Waals surface area contributed by atoms with Gasteiger partial charge in [0.2, 0.25) is 0 Å². The number of carbonyl (C=O) groups is 2. The van der Waals surface area contributed by atoms with E-state index in [2.05, 4.69) is 27.6 Å². The fourth-order valence-electron chi connectivity index (χ4n) is 4.73. The SMILES string of the molecule is Cc1c(C(=O)N2CCN(c3ccccc3)CC2)oc2c1/C(=N/NC(=O)c1ccc(O)cc1)CCC2. The number of hydrogen-bond acceptors (Lipinski definition) is 6. The number of phenols is 1. The number of aromatic hydroxyl groups is 1. The Morgan fingerprint density at radius 2 is 1.69 bits per heavy atom. The number of rotatable bonds is 4. The summed E-state index contributed by atoms with van der Waals surface area (Å²) >= 11 is 0. The van der Waals surface area contributed by atoms with Gasteiger partial charge in [-0.05, 0) is 56.2 Å². The molecule has 2 N–H and O–H groups in total. The molecule has 180 valence electrons. The summed E-state index contributed by atoms with van der Waals surface area (Å²) in [5, 5.41) is 13.8. The molecule has 0 bridgehead atoms. The quantitative estimate of drug-likeness (QED) is 0.564. The highest BCUT2D eigenvalue weighted by Crippen LogP contribution is 2.31. The van der Waals surface area contributed by atoms with Gasteiger partial charge >= 0.3 is 0 Å². The van der Waals surface area contributed by atoms with Crippen molar-refractivity contribution in [2.24, 2.45) is 5.10 Å². The van der Waals surface area contributed by atoms with Gasteiger partial charge in [0, 0.05) is 55.0 Å². The van der Waals surface area contributed by atoms with Crippen molar-refractivity contribution in [3.63, 3.8) is 0 Å². The van der Waals surface area contributed by atoms with Crippen LogP contribution < -0.4 is 10.3 Å². The van der Waals surface area contributed by atoms with E-state index in [4.69, 9.17) is 4.42 Å². The average Bonchev–Trinajstić information content (AvgIpc) is 3.24. The Kier molecular flexibility index (Phi) is 6.27. The van der Waals surface area contributed by atoms with Gasteiger partial charge in [-0.25, -0.2) is 5.43 Å². The van der Waals surface area contributed by atoms with E-state index in [-0.39, 0.29) is 17.6 Å². The number of piperazine rings is 1. The zero-order valence-corrected chi connectivity index (χ0v) is 19.7. The van der Waals surface area contributed by atoms with Crippen LogP contribution in [0.5, 0.6) is 5.75 Å². The summed E-state index contributed by atoms with van der Waals surface area (Å²) in [6.45, 7) is 4.68. The van der Waals surface area contributed by atoms with Gasteiger partial charge in [-0.15, -0.1) is 0 Å². The smallest absolute Gasteiger partial charge is 0.289 e. The molecule has 3 aromatic rings. The zero-order valence-electron chi connectivity index (χ0n) is 19.7. The minimum Gasteiger partial charge on any atom is -0.508 e. The average molecular weight is 473 g/mol. The first-order valence-corrected chi connectivity index (χ1v) is 11.9. The van der Waals surface area contributed by atoms with Crippen LogP contribution in [0.4, 0.5) is 5.69 Å². The Balaban J connectivity index is 1.30. The van der Waals surface area contributed by atoms with E-state index >= 15 is 0 Å². The molecule has 1 aromatic heterocycles. The molecule has 2 aromatic carbocycles. The zero-order chi connectivity index (χ0) is 24.4. The number of amides is 2. The minimum absolute atomic E-state index is 0.0949. The summed E-state index contributed by atoms with van der Waals surface area (Å²) in [6, 6.07) is 16.2. The normalized spacial score (nSPS) is 16.8. The second kappa shape index (κ2) is 9.66. The fraction of sp³-hybridized carbons (Fsp3) is 0.296. The van der Waals surface area contributed by atoms with Crippen molar-refractivity contribution in [3.05, 3.63) is 82.8 Å². The maximum absolute atomic E-state index is 13.4. The highest BCUT2D eigenvalue weighted by atomic mass is 16.4. The summed E-state index contributed by atoms with van der Waals surface area (Å²) in [6.07, 6.45) is 2.25. The number of anilines is 1. The van der Waals surface area contributed by atoms with Crippen LogP contribution in [0.3, 0.4) is 0 Å². The van der Waals surface area contributed by atoms with E-state index in [0.29, 0.717) is 36.5 Å². The number of nitrogens with zero attached hydrogens (tertiary/aromatic N) is 3. The Morgan fingerprint density at radius 1 is 0.971 bits per heavy atom. The standard InChI is InChI=1S/C27H28N4O4/c1-18-24-22(28-29-26(33)19-10-12-21(32)13-11-19)8-5-9-23(24)35-25(18)27(34)31-16-14-30(15-17-31)20-6-3-2-4-7-20/h2-4,6-7,10-13,32H,5,8-9,14-17H2,1H3,(H,29,33)/b28-22+. The molecule has 1 fully saturated rings.